The zero-order chi connectivity index (χ0) is 15.1. The number of carbonyl (C=O) groups is 1. The van der Waals surface area contributed by atoms with E-state index >= 15 is 0 Å². The Morgan fingerprint density at radius 3 is 2.48 bits per heavy atom. The highest BCUT2D eigenvalue weighted by Gasteiger charge is 2.14. The van der Waals surface area contributed by atoms with Crippen molar-refractivity contribution in [3.63, 3.8) is 0 Å². The Labute approximate surface area is 120 Å². The summed E-state index contributed by atoms with van der Waals surface area (Å²) in [6, 6.07) is 14.5. The maximum atomic E-state index is 11.6. The first-order chi connectivity index (χ1) is 10.2. The molecule has 0 saturated heterocycles. The third kappa shape index (κ3) is 4.29. The van der Waals surface area contributed by atoms with E-state index in [2.05, 4.69) is 10.8 Å². The summed E-state index contributed by atoms with van der Waals surface area (Å²) in [5.41, 5.74) is 2.98. The van der Waals surface area contributed by atoms with Crippen LogP contribution < -0.4 is 10.8 Å². The average molecular weight is 287 g/mol. The standard InChI is InChI=1S/C14H13N3O4/c18-14(16-21-10-11-6-2-1-3-7-11)15-12-8-4-5-9-13(12)17(19)20/h1-9H,10H2,(H2,15,16,18). The van der Waals surface area contributed by atoms with Gasteiger partial charge in [-0.25, -0.2) is 10.3 Å². The Kier molecular flexibility index (Phi) is 4.84. The van der Waals surface area contributed by atoms with Crippen LogP contribution in [0.4, 0.5) is 16.2 Å². The van der Waals surface area contributed by atoms with Crippen molar-refractivity contribution >= 4 is 17.4 Å². The van der Waals surface area contributed by atoms with E-state index in [4.69, 9.17) is 4.84 Å². The average Bonchev–Trinajstić information content (AvgIpc) is 2.48. The molecule has 2 aromatic rings. The Bertz CT molecular complexity index is 631. The summed E-state index contributed by atoms with van der Waals surface area (Å²) in [5.74, 6) is 0. The highest BCUT2D eigenvalue weighted by Crippen LogP contribution is 2.22. The smallest absolute Gasteiger partial charge is 0.300 e. The second-order valence-electron chi connectivity index (χ2n) is 4.10. The number of amides is 2. The second kappa shape index (κ2) is 7.01. The monoisotopic (exact) mass is 287 g/mol. The molecule has 0 aliphatic rings. The number of nitro groups is 1. The van der Waals surface area contributed by atoms with E-state index in [1.165, 1.54) is 18.2 Å². The number of nitro benzene ring substituents is 1. The molecular weight excluding hydrogens is 274 g/mol. The van der Waals surface area contributed by atoms with Crippen LogP contribution in [0, 0.1) is 10.1 Å². The first-order valence-corrected chi connectivity index (χ1v) is 6.13. The van der Waals surface area contributed by atoms with E-state index in [1.54, 1.807) is 6.07 Å². The number of carbonyl (C=O) groups excluding carboxylic acids is 1. The van der Waals surface area contributed by atoms with Gasteiger partial charge in [-0.2, -0.15) is 0 Å². The van der Waals surface area contributed by atoms with Crippen molar-refractivity contribution in [2.24, 2.45) is 0 Å². The molecule has 0 aromatic heterocycles. The van der Waals surface area contributed by atoms with Gasteiger partial charge in [0.25, 0.3) is 5.69 Å². The maximum Gasteiger partial charge on any atom is 0.343 e. The summed E-state index contributed by atoms with van der Waals surface area (Å²) in [6.45, 7) is 0.200. The zero-order valence-corrected chi connectivity index (χ0v) is 11.0. The molecule has 0 fully saturated rings. The topological polar surface area (TPSA) is 93.5 Å². The van der Waals surface area contributed by atoms with Crippen LogP contribution in [0.2, 0.25) is 0 Å². The minimum atomic E-state index is -0.680. The first-order valence-electron chi connectivity index (χ1n) is 6.13. The van der Waals surface area contributed by atoms with Crippen LogP contribution in [0.15, 0.2) is 54.6 Å². The summed E-state index contributed by atoms with van der Waals surface area (Å²) in [4.78, 5) is 26.9. The molecule has 108 valence electrons. The van der Waals surface area contributed by atoms with Crippen LogP contribution in [0.5, 0.6) is 0 Å². The van der Waals surface area contributed by atoms with Crippen molar-refractivity contribution in [2.75, 3.05) is 5.32 Å². The number of hydrogen-bond acceptors (Lipinski definition) is 4. The molecule has 0 heterocycles. The Morgan fingerprint density at radius 1 is 1.10 bits per heavy atom. The second-order valence-corrected chi connectivity index (χ2v) is 4.10. The predicted octanol–water partition coefficient (Wildman–Crippen LogP) is 2.85. The lowest BCUT2D eigenvalue weighted by molar-refractivity contribution is -0.383. The molecule has 2 rings (SSSR count). The molecule has 0 unspecified atom stereocenters. The fraction of sp³-hybridized carbons (Fsp3) is 0.0714. The van der Waals surface area contributed by atoms with Crippen molar-refractivity contribution < 1.29 is 14.6 Å². The quantitative estimate of drug-likeness (QED) is 0.653. The SMILES string of the molecule is O=C(NOCc1ccccc1)Nc1ccccc1[N+](=O)[O-]. The van der Waals surface area contributed by atoms with Crippen molar-refractivity contribution in [3.8, 4) is 0 Å². The number of hydrogen-bond donors (Lipinski definition) is 2. The predicted molar refractivity (Wildman–Crippen MR) is 76.5 cm³/mol. The van der Waals surface area contributed by atoms with Gasteiger partial charge in [-0.15, -0.1) is 0 Å². The molecule has 0 atom stereocenters. The largest absolute Gasteiger partial charge is 0.343 e. The number of benzene rings is 2. The van der Waals surface area contributed by atoms with Crippen LogP contribution >= 0.6 is 0 Å². The number of nitrogens with one attached hydrogen (secondary N) is 2. The van der Waals surface area contributed by atoms with E-state index in [9.17, 15) is 14.9 Å². The third-order valence-electron chi connectivity index (χ3n) is 2.60. The lowest BCUT2D eigenvalue weighted by Crippen LogP contribution is -2.29. The minimum Gasteiger partial charge on any atom is -0.300 e. The molecule has 21 heavy (non-hydrogen) atoms. The normalized spacial score (nSPS) is 9.90. The van der Waals surface area contributed by atoms with Gasteiger partial charge in [-0.05, 0) is 11.6 Å². The van der Waals surface area contributed by atoms with Gasteiger partial charge in [-0.1, -0.05) is 42.5 Å². The molecule has 0 bridgehead atoms. The van der Waals surface area contributed by atoms with E-state index in [1.807, 2.05) is 30.3 Å². The molecular formula is C14H13N3O4. The summed E-state index contributed by atoms with van der Waals surface area (Å²) >= 11 is 0. The number of para-hydroxylation sites is 2. The summed E-state index contributed by atoms with van der Waals surface area (Å²) in [5, 5.41) is 13.2. The summed E-state index contributed by atoms with van der Waals surface area (Å²) < 4.78 is 0. The minimum absolute atomic E-state index is 0.100. The summed E-state index contributed by atoms with van der Waals surface area (Å²) in [7, 11) is 0. The third-order valence-corrected chi connectivity index (χ3v) is 2.60. The number of urea groups is 1. The molecule has 2 N–H and O–H groups in total. The van der Waals surface area contributed by atoms with Crippen LogP contribution in [-0.4, -0.2) is 11.0 Å². The van der Waals surface area contributed by atoms with Gasteiger partial charge in [0.05, 0.1) is 11.5 Å². The molecule has 0 spiro atoms. The molecule has 0 aliphatic heterocycles. The van der Waals surface area contributed by atoms with Crippen molar-refractivity contribution in [1.29, 1.82) is 0 Å². The van der Waals surface area contributed by atoms with Gasteiger partial charge >= 0.3 is 6.03 Å². The highest BCUT2D eigenvalue weighted by molar-refractivity contribution is 5.91. The van der Waals surface area contributed by atoms with Crippen LogP contribution in [0.3, 0.4) is 0 Å². The van der Waals surface area contributed by atoms with Crippen LogP contribution in [-0.2, 0) is 11.4 Å². The highest BCUT2D eigenvalue weighted by atomic mass is 16.7. The van der Waals surface area contributed by atoms with Crippen LogP contribution in [0.1, 0.15) is 5.56 Å². The lowest BCUT2D eigenvalue weighted by Gasteiger charge is -2.08. The lowest BCUT2D eigenvalue weighted by atomic mass is 10.2. The summed E-state index contributed by atoms with van der Waals surface area (Å²) in [6.07, 6.45) is 0. The fourth-order valence-corrected chi connectivity index (χ4v) is 1.65. The van der Waals surface area contributed by atoms with E-state index in [-0.39, 0.29) is 18.0 Å². The maximum absolute atomic E-state index is 11.6. The number of hydroxylamine groups is 1. The molecule has 2 aromatic carbocycles. The van der Waals surface area contributed by atoms with Gasteiger partial charge in [-0.3, -0.25) is 15.0 Å². The van der Waals surface area contributed by atoms with Crippen LogP contribution in [0.25, 0.3) is 0 Å². The van der Waals surface area contributed by atoms with Gasteiger partial charge in [0.2, 0.25) is 0 Å². The zero-order valence-electron chi connectivity index (χ0n) is 11.0. The van der Waals surface area contributed by atoms with Gasteiger partial charge in [0.1, 0.15) is 5.69 Å². The van der Waals surface area contributed by atoms with E-state index in [0.717, 1.165) is 5.56 Å². The number of nitrogens with zero attached hydrogens (tertiary/aromatic N) is 1. The Balaban J connectivity index is 1.86. The van der Waals surface area contributed by atoms with Crippen molar-refractivity contribution in [3.05, 3.63) is 70.3 Å². The molecule has 2 amide bonds. The fourth-order valence-electron chi connectivity index (χ4n) is 1.65. The van der Waals surface area contributed by atoms with Gasteiger partial charge < -0.3 is 5.32 Å². The molecule has 0 aliphatic carbocycles. The molecule has 7 nitrogen and oxygen atoms in total. The number of rotatable bonds is 5. The molecule has 0 radical (unpaired) electrons. The first kappa shape index (κ1) is 14.5. The van der Waals surface area contributed by atoms with E-state index < -0.39 is 11.0 Å². The van der Waals surface area contributed by atoms with Gasteiger partial charge in [0.15, 0.2) is 0 Å². The Morgan fingerprint density at radius 2 is 1.76 bits per heavy atom. The van der Waals surface area contributed by atoms with Crippen molar-refractivity contribution in [1.82, 2.24) is 5.48 Å². The van der Waals surface area contributed by atoms with Crippen molar-refractivity contribution in [2.45, 2.75) is 6.61 Å². The van der Waals surface area contributed by atoms with Gasteiger partial charge in [0, 0.05) is 6.07 Å². The van der Waals surface area contributed by atoms with E-state index in [0.29, 0.717) is 0 Å². The number of anilines is 1. The molecule has 7 heteroatoms. The Hall–Kier alpha value is -2.93. The molecule has 0 saturated carbocycles.